The van der Waals surface area contributed by atoms with E-state index in [0.717, 1.165) is 16.3 Å². The van der Waals surface area contributed by atoms with Crippen LogP contribution in [0.4, 0.5) is 13.2 Å². The number of fused-ring (bicyclic) bond motifs is 1. The summed E-state index contributed by atoms with van der Waals surface area (Å²) in [4.78, 5) is 30.7. The number of carbonyl (C=O) groups excluding carboxylic acids is 2. The van der Waals surface area contributed by atoms with E-state index >= 15 is 0 Å². The summed E-state index contributed by atoms with van der Waals surface area (Å²) in [5, 5.41) is 0. The Hall–Kier alpha value is -2.06. The molecule has 2 aliphatic heterocycles. The molecule has 24 heavy (non-hydrogen) atoms. The Morgan fingerprint density at radius 3 is 2.46 bits per heavy atom. The molecule has 0 atom stereocenters. The van der Waals surface area contributed by atoms with Crippen molar-refractivity contribution in [3.8, 4) is 0 Å². The normalized spacial score (nSPS) is 19.3. The molecular weight excluding hydrogens is 325 g/mol. The average molecular weight is 344 g/mol. The van der Waals surface area contributed by atoms with E-state index in [-0.39, 0.29) is 37.8 Å². The fourth-order valence-corrected chi connectivity index (χ4v) is 3.37. The van der Waals surface area contributed by atoms with Crippen LogP contribution in [0.25, 0.3) is 0 Å². The molecule has 1 saturated heterocycles. The smallest absolute Gasteiger partial charge is 0.336 e. The lowest BCUT2D eigenvalue weighted by molar-refractivity contribution is -0.187. The molecule has 132 valence electrons. The molecule has 0 saturated carbocycles. The van der Waals surface area contributed by atoms with Gasteiger partial charge in [0.05, 0.1) is 24.3 Å². The molecule has 1 fully saturated rings. The van der Waals surface area contributed by atoms with Crippen molar-refractivity contribution in [2.24, 2.45) is 13.0 Å². The van der Waals surface area contributed by atoms with Crippen molar-refractivity contribution >= 4 is 11.8 Å². The van der Waals surface area contributed by atoms with Crippen LogP contribution in [0.2, 0.25) is 0 Å². The van der Waals surface area contributed by atoms with Gasteiger partial charge in [-0.05, 0) is 12.8 Å². The van der Waals surface area contributed by atoms with Crippen molar-refractivity contribution in [1.82, 2.24) is 19.4 Å². The first kappa shape index (κ1) is 16.8. The third-order valence-corrected chi connectivity index (χ3v) is 4.79. The number of imidazole rings is 1. The Bertz CT molecular complexity index is 648. The van der Waals surface area contributed by atoms with Gasteiger partial charge in [0.2, 0.25) is 5.91 Å². The van der Waals surface area contributed by atoms with Crippen LogP contribution in [-0.4, -0.2) is 57.0 Å². The highest BCUT2D eigenvalue weighted by Crippen LogP contribution is 2.26. The van der Waals surface area contributed by atoms with Crippen LogP contribution < -0.4 is 0 Å². The highest BCUT2D eigenvalue weighted by molar-refractivity contribution is 5.83. The van der Waals surface area contributed by atoms with Crippen molar-refractivity contribution in [3.63, 3.8) is 0 Å². The Balaban J connectivity index is 1.58. The first-order chi connectivity index (χ1) is 11.3. The van der Waals surface area contributed by atoms with Gasteiger partial charge in [-0.15, -0.1) is 0 Å². The number of aryl methyl sites for hydroxylation is 1. The summed E-state index contributed by atoms with van der Waals surface area (Å²) in [6.45, 7) is 0.996. The first-order valence-electron chi connectivity index (χ1n) is 7.91. The lowest BCUT2D eigenvalue weighted by Gasteiger charge is -2.35. The monoisotopic (exact) mass is 344 g/mol. The number of rotatable bonds is 1. The highest BCUT2D eigenvalue weighted by atomic mass is 19.4. The number of amides is 2. The topological polar surface area (TPSA) is 58.4 Å². The Kier molecular flexibility index (Phi) is 4.27. The molecule has 2 aliphatic rings. The number of piperidine rings is 1. The maximum atomic E-state index is 12.6. The van der Waals surface area contributed by atoms with Crippen LogP contribution in [-0.2, 0) is 29.6 Å². The molecule has 2 amide bonds. The van der Waals surface area contributed by atoms with Gasteiger partial charge in [-0.3, -0.25) is 9.59 Å². The molecule has 0 spiro atoms. The maximum Gasteiger partial charge on any atom is 0.471 e. The summed E-state index contributed by atoms with van der Waals surface area (Å²) in [7, 11) is 1.88. The molecule has 9 heteroatoms. The number of halogens is 3. The quantitative estimate of drug-likeness (QED) is 0.767. The van der Waals surface area contributed by atoms with Crippen LogP contribution in [0, 0.1) is 5.92 Å². The maximum absolute atomic E-state index is 12.6. The predicted octanol–water partition coefficient (Wildman–Crippen LogP) is 1.11. The van der Waals surface area contributed by atoms with E-state index in [2.05, 4.69) is 4.98 Å². The molecule has 3 rings (SSSR count). The van der Waals surface area contributed by atoms with Gasteiger partial charge >= 0.3 is 12.1 Å². The molecule has 1 aromatic heterocycles. The summed E-state index contributed by atoms with van der Waals surface area (Å²) in [6, 6.07) is 0. The van der Waals surface area contributed by atoms with Crippen LogP contribution >= 0.6 is 0 Å². The van der Waals surface area contributed by atoms with Gasteiger partial charge in [-0.1, -0.05) is 0 Å². The van der Waals surface area contributed by atoms with E-state index in [1.807, 2.05) is 11.6 Å². The van der Waals surface area contributed by atoms with E-state index in [9.17, 15) is 22.8 Å². The second-order valence-electron chi connectivity index (χ2n) is 6.32. The van der Waals surface area contributed by atoms with E-state index in [1.54, 1.807) is 11.2 Å². The fraction of sp³-hybridized carbons (Fsp3) is 0.667. The Morgan fingerprint density at radius 2 is 1.83 bits per heavy atom. The molecule has 0 unspecified atom stereocenters. The molecule has 0 aliphatic carbocycles. The number of likely N-dealkylation sites (tertiary alicyclic amines) is 1. The van der Waals surface area contributed by atoms with Crippen molar-refractivity contribution in [2.45, 2.75) is 32.0 Å². The number of aromatic nitrogens is 2. The zero-order valence-corrected chi connectivity index (χ0v) is 13.3. The zero-order valence-electron chi connectivity index (χ0n) is 13.3. The Labute approximate surface area is 137 Å². The van der Waals surface area contributed by atoms with Gasteiger partial charge < -0.3 is 14.4 Å². The number of hydrogen-bond acceptors (Lipinski definition) is 3. The predicted molar refractivity (Wildman–Crippen MR) is 77.7 cm³/mol. The minimum absolute atomic E-state index is 0.0282. The van der Waals surface area contributed by atoms with E-state index in [4.69, 9.17) is 0 Å². The van der Waals surface area contributed by atoms with Crippen molar-refractivity contribution in [3.05, 3.63) is 17.7 Å². The van der Waals surface area contributed by atoms with Gasteiger partial charge in [-0.2, -0.15) is 13.2 Å². The molecule has 0 aromatic carbocycles. The molecule has 0 radical (unpaired) electrons. The minimum Gasteiger partial charge on any atom is -0.336 e. The summed E-state index contributed by atoms with van der Waals surface area (Å²) >= 11 is 0. The number of nitrogens with zero attached hydrogens (tertiary/aromatic N) is 4. The van der Waals surface area contributed by atoms with Gasteiger partial charge in [0.1, 0.15) is 0 Å². The van der Waals surface area contributed by atoms with Crippen LogP contribution in [0.3, 0.4) is 0 Å². The Morgan fingerprint density at radius 1 is 1.17 bits per heavy atom. The third-order valence-electron chi connectivity index (χ3n) is 4.79. The van der Waals surface area contributed by atoms with Gasteiger partial charge in [0, 0.05) is 39.0 Å². The molecular formula is C15H19F3N4O2. The lowest BCUT2D eigenvalue weighted by atomic mass is 9.94. The van der Waals surface area contributed by atoms with Crippen LogP contribution in [0.1, 0.15) is 24.2 Å². The fourth-order valence-electron chi connectivity index (χ4n) is 3.37. The third kappa shape index (κ3) is 3.11. The summed E-state index contributed by atoms with van der Waals surface area (Å²) in [6.07, 6.45) is -1.89. The lowest BCUT2D eigenvalue weighted by Crippen LogP contribution is -2.48. The van der Waals surface area contributed by atoms with E-state index in [0.29, 0.717) is 19.5 Å². The number of hydrogen-bond donors (Lipinski definition) is 0. The first-order valence-corrected chi connectivity index (χ1v) is 7.91. The second kappa shape index (κ2) is 6.10. The van der Waals surface area contributed by atoms with Crippen molar-refractivity contribution in [2.75, 3.05) is 19.6 Å². The summed E-state index contributed by atoms with van der Waals surface area (Å²) < 4.78 is 39.2. The van der Waals surface area contributed by atoms with E-state index in [1.165, 1.54) is 0 Å². The van der Waals surface area contributed by atoms with E-state index < -0.39 is 12.1 Å². The molecule has 0 bridgehead atoms. The molecule has 3 heterocycles. The second-order valence-corrected chi connectivity index (χ2v) is 6.32. The highest BCUT2D eigenvalue weighted by Gasteiger charge is 2.44. The van der Waals surface area contributed by atoms with Gasteiger partial charge in [-0.25, -0.2) is 4.98 Å². The summed E-state index contributed by atoms with van der Waals surface area (Å²) in [5.74, 6) is -2.18. The van der Waals surface area contributed by atoms with Gasteiger partial charge in [0.15, 0.2) is 0 Å². The average Bonchev–Trinajstić information content (AvgIpc) is 2.93. The van der Waals surface area contributed by atoms with Gasteiger partial charge in [0.25, 0.3) is 0 Å². The zero-order chi connectivity index (χ0) is 17.5. The van der Waals surface area contributed by atoms with Crippen LogP contribution in [0.15, 0.2) is 6.33 Å². The minimum atomic E-state index is -4.85. The number of alkyl halides is 3. The SMILES string of the molecule is Cn1cnc2c1CN(C(=O)C1CCN(C(=O)C(F)(F)F)CC1)CC2. The standard InChI is InChI=1S/C15H19F3N4O2/c1-20-9-19-11-4-7-22(8-12(11)20)13(23)10-2-5-21(6-3-10)14(24)15(16,17)18/h9-10H,2-8H2,1H3. The van der Waals surface area contributed by atoms with Crippen molar-refractivity contribution < 1.29 is 22.8 Å². The number of carbonyl (C=O) groups is 2. The van der Waals surface area contributed by atoms with Crippen molar-refractivity contribution in [1.29, 1.82) is 0 Å². The largest absolute Gasteiger partial charge is 0.471 e. The molecule has 0 N–H and O–H groups in total. The molecule has 1 aromatic rings. The molecule has 6 nitrogen and oxygen atoms in total. The van der Waals surface area contributed by atoms with Crippen LogP contribution in [0.5, 0.6) is 0 Å². The summed E-state index contributed by atoms with van der Waals surface area (Å²) in [5.41, 5.74) is 1.99.